The molecule has 0 unspecified atom stereocenters. The number of esters is 1. The third-order valence-corrected chi connectivity index (χ3v) is 9.21. The van der Waals surface area contributed by atoms with Gasteiger partial charge in [0.1, 0.15) is 0 Å². The average molecular weight is 395 g/mol. The number of hydrogen-bond acceptors (Lipinski definition) is 2. The van der Waals surface area contributed by atoms with Crippen LogP contribution in [-0.2, 0) is 9.53 Å². The van der Waals surface area contributed by atoms with Crippen LogP contribution in [0.4, 0.5) is 0 Å². The van der Waals surface area contributed by atoms with E-state index >= 15 is 0 Å². The van der Waals surface area contributed by atoms with Crippen LogP contribution in [0, 0.1) is 0 Å². The summed E-state index contributed by atoms with van der Waals surface area (Å²) < 4.78 is 5.16. The molecule has 0 aromatic heterocycles. The highest BCUT2D eigenvalue weighted by atomic mass is 79.9. The third kappa shape index (κ3) is 11.7. The molecule has 0 rings (SSSR count). The van der Waals surface area contributed by atoms with Gasteiger partial charge in [0.05, 0.1) is 31.3 Å². The molecule has 132 valence electrons. The van der Waals surface area contributed by atoms with Crippen LogP contribution in [0.5, 0.6) is 0 Å². The molecule has 0 aromatic carbocycles. The molecular formula is C18H36BrO2P. The minimum absolute atomic E-state index is 0. The summed E-state index contributed by atoms with van der Waals surface area (Å²) in [6, 6.07) is 0. The van der Waals surface area contributed by atoms with Crippen LogP contribution in [0.25, 0.3) is 0 Å². The minimum atomic E-state index is -0.831. The highest BCUT2D eigenvalue weighted by molar-refractivity contribution is 7.75. The minimum Gasteiger partial charge on any atom is -1.00 e. The molecule has 0 amide bonds. The van der Waals surface area contributed by atoms with E-state index in [1.807, 2.05) is 0 Å². The molecule has 0 aliphatic rings. The monoisotopic (exact) mass is 394 g/mol. The van der Waals surface area contributed by atoms with E-state index in [0.29, 0.717) is 6.61 Å². The normalized spacial score (nSPS) is 10.9. The fraction of sp³-hybridized carbons (Fsp3) is 0.833. The molecule has 0 fully saturated rings. The third-order valence-electron chi connectivity index (χ3n) is 4.15. The summed E-state index contributed by atoms with van der Waals surface area (Å²) in [5, 5.41) is 0. The Morgan fingerprint density at radius 2 is 1.32 bits per heavy atom. The number of hydrogen-bond donors (Lipinski definition) is 0. The van der Waals surface area contributed by atoms with Crippen LogP contribution < -0.4 is 17.0 Å². The Labute approximate surface area is 149 Å². The summed E-state index contributed by atoms with van der Waals surface area (Å²) in [5.41, 5.74) is 0. The van der Waals surface area contributed by atoms with E-state index in [-0.39, 0.29) is 23.0 Å². The van der Waals surface area contributed by atoms with E-state index < -0.39 is 7.26 Å². The first-order chi connectivity index (χ1) is 10.1. The van der Waals surface area contributed by atoms with Gasteiger partial charge in [-0.3, -0.25) is 0 Å². The second kappa shape index (κ2) is 16.0. The first-order valence-electron chi connectivity index (χ1n) is 8.78. The second-order valence-corrected chi connectivity index (χ2v) is 10.5. The summed E-state index contributed by atoms with van der Waals surface area (Å²) in [6.45, 7) is 10.9. The van der Waals surface area contributed by atoms with Crippen LogP contribution >= 0.6 is 7.26 Å². The van der Waals surface area contributed by atoms with Gasteiger partial charge in [-0.1, -0.05) is 46.6 Å². The maximum absolute atomic E-state index is 11.1. The maximum Gasteiger partial charge on any atom is 0.330 e. The van der Waals surface area contributed by atoms with Crippen molar-refractivity contribution in [3.63, 3.8) is 0 Å². The van der Waals surface area contributed by atoms with Gasteiger partial charge in [-0.05, 0) is 19.3 Å². The lowest BCUT2D eigenvalue weighted by Crippen LogP contribution is -3.00. The summed E-state index contributed by atoms with van der Waals surface area (Å²) in [6.07, 6.45) is 15.9. The predicted molar refractivity (Wildman–Crippen MR) is 96.9 cm³/mol. The Bertz CT molecular complexity index is 260. The Balaban J connectivity index is 0. The van der Waals surface area contributed by atoms with Crippen molar-refractivity contribution < 1.29 is 26.5 Å². The van der Waals surface area contributed by atoms with Gasteiger partial charge in [0.15, 0.2) is 0 Å². The molecule has 4 heteroatoms. The zero-order valence-corrected chi connectivity index (χ0v) is 17.4. The first-order valence-corrected chi connectivity index (χ1v) is 11.3. The summed E-state index contributed by atoms with van der Waals surface area (Å²) in [7, 11) is -0.831. The van der Waals surface area contributed by atoms with Crippen molar-refractivity contribution in [2.45, 2.75) is 65.7 Å². The molecule has 0 bridgehead atoms. The molecule has 0 N–H and O–H groups in total. The fourth-order valence-electron chi connectivity index (χ4n) is 2.78. The van der Waals surface area contributed by atoms with Crippen LogP contribution in [0.15, 0.2) is 12.7 Å². The van der Waals surface area contributed by atoms with Crippen LogP contribution in [0.2, 0.25) is 0 Å². The van der Waals surface area contributed by atoms with Crippen LogP contribution in [0.3, 0.4) is 0 Å². The number of carbonyl (C=O) groups excluding carboxylic acids is 1. The molecule has 0 saturated heterocycles. The molecule has 0 saturated carbocycles. The van der Waals surface area contributed by atoms with Gasteiger partial charge in [0.2, 0.25) is 0 Å². The highest BCUT2D eigenvalue weighted by Crippen LogP contribution is 2.61. The lowest BCUT2D eigenvalue weighted by molar-refractivity contribution is -0.137. The summed E-state index contributed by atoms with van der Waals surface area (Å²) in [5.74, 6) is -0.283. The number of unbranched alkanes of at least 4 members (excludes halogenated alkanes) is 3. The number of rotatable bonds is 14. The summed E-state index contributed by atoms with van der Waals surface area (Å²) in [4.78, 5) is 11.1. The van der Waals surface area contributed by atoms with Crippen molar-refractivity contribution in [2.24, 2.45) is 0 Å². The molecule has 0 aliphatic heterocycles. The van der Waals surface area contributed by atoms with Gasteiger partial charge in [0.25, 0.3) is 0 Å². The zero-order chi connectivity index (χ0) is 16.0. The Kier molecular flexibility index (Phi) is 17.7. The molecule has 0 heterocycles. The Morgan fingerprint density at radius 1 is 0.909 bits per heavy atom. The molecule has 0 atom stereocenters. The molecule has 0 spiro atoms. The average Bonchev–Trinajstić information content (AvgIpc) is 2.52. The van der Waals surface area contributed by atoms with E-state index in [4.69, 9.17) is 4.74 Å². The molecule has 0 aliphatic carbocycles. The van der Waals surface area contributed by atoms with Crippen molar-refractivity contribution in [1.29, 1.82) is 0 Å². The number of carbonyl (C=O) groups is 1. The predicted octanol–water partition coefficient (Wildman–Crippen LogP) is 2.53. The fourth-order valence-corrected chi connectivity index (χ4v) is 7.89. The van der Waals surface area contributed by atoms with Crippen LogP contribution in [0.1, 0.15) is 65.7 Å². The van der Waals surface area contributed by atoms with Crippen molar-refractivity contribution >= 4 is 13.2 Å². The Hall–Kier alpha value is 0.120. The number of ether oxygens (including phenoxy) is 1. The van der Waals surface area contributed by atoms with Gasteiger partial charge >= 0.3 is 5.97 Å². The van der Waals surface area contributed by atoms with E-state index in [1.165, 1.54) is 69.2 Å². The molecule has 0 aromatic rings. The van der Waals surface area contributed by atoms with E-state index in [1.54, 1.807) is 0 Å². The van der Waals surface area contributed by atoms with Crippen LogP contribution in [-0.4, -0.2) is 37.2 Å². The SMILES string of the molecule is C=CC(=O)OCCC[P+](CCCC)(CCCC)CCCC.[Br-]. The molecular weight excluding hydrogens is 359 g/mol. The maximum atomic E-state index is 11.1. The van der Waals surface area contributed by atoms with Crippen molar-refractivity contribution in [3.8, 4) is 0 Å². The first kappa shape index (κ1) is 24.4. The second-order valence-electron chi connectivity index (χ2n) is 6.02. The molecule has 22 heavy (non-hydrogen) atoms. The topological polar surface area (TPSA) is 26.3 Å². The lowest BCUT2D eigenvalue weighted by Gasteiger charge is -2.28. The van der Waals surface area contributed by atoms with Crippen molar-refractivity contribution in [3.05, 3.63) is 12.7 Å². The largest absolute Gasteiger partial charge is 1.00 e. The Morgan fingerprint density at radius 3 is 1.68 bits per heavy atom. The van der Waals surface area contributed by atoms with Gasteiger partial charge in [0, 0.05) is 19.8 Å². The smallest absolute Gasteiger partial charge is 0.330 e. The highest BCUT2D eigenvalue weighted by Gasteiger charge is 2.34. The van der Waals surface area contributed by atoms with Gasteiger partial charge in [-0.25, -0.2) is 4.79 Å². The van der Waals surface area contributed by atoms with E-state index in [0.717, 1.165) is 6.42 Å². The van der Waals surface area contributed by atoms with Gasteiger partial charge in [-0.15, -0.1) is 0 Å². The zero-order valence-electron chi connectivity index (χ0n) is 14.9. The standard InChI is InChI=1S/C18H36O2P.BrH/c1-5-9-14-21(15-10-6-2,16-11-7-3)17-12-13-20-18(19)8-4;/h8H,4-7,9-17H2,1-3H3;1H/q+1;/p-1. The quantitative estimate of drug-likeness (QED) is 0.196. The van der Waals surface area contributed by atoms with Gasteiger partial charge < -0.3 is 21.7 Å². The van der Waals surface area contributed by atoms with E-state index in [9.17, 15) is 4.79 Å². The lowest BCUT2D eigenvalue weighted by atomic mass is 10.4. The summed E-state index contributed by atoms with van der Waals surface area (Å²) >= 11 is 0. The number of halogens is 1. The van der Waals surface area contributed by atoms with Gasteiger partial charge in [-0.2, -0.15) is 0 Å². The van der Waals surface area contributed by atoms with Crippen molar-refractivity contribution in [2.75, 3.05) is 31.3 Å². The molecule has 2 nitrogen and oxygen atoms in total. The van der Waals surface area contributed by atoms with Crippen molar-refractivity contribution in [1.82, 2.24) is 0 Å². The van der Waals surface area contributed by atoms with E-state index in [2.05, 4.69) is 27.4 Å². The molecule has 0 radical (unpaired) electrons.